The maximum Gasteiger partial charge on any atom is 0.173 e. The molecule has 1 aliphatic heterocycles. The lowest BCUT2D eigenvalue weighted by Crippen LogP contribution is -2.61. The molecule has 1 rings (SSSR count). The number of carbonyl (C=O) groups is 1. The van der Waals surface area contributed by atoms with E-state index in [-0.39, 0.29) is 6.29 Å². The molecule has 1 unspecified atom stereocenters. The molecule has 0 aromatic rings. The minimum absolute atomic E-state index is 0.0258. The zero-order valence-corrected chi connectivity index (χ0v) is 12.6. The molecule has 12 heteroatoms. The normalized spacial score (nSPS) is 35.2. The third-order valence-electron chi connectivity index (χ3n) is 3.37. The second kappa shape index (κ2) is 11.0. The molecule has 0 saturated carbocycles. The molecule has 0 aromatic carbocycles. The van der Waals surface area contributed by atoms with Gasteiger partial charge in [0.15, 0.2) is 12.6 Å². The summed E-state index contributed by atoms with van der Waals surface area (Å²) in [5.41, 5.74) is 5.26. The Bertz CT molecular complexity index is 355. The summed E-state index contributed by atoms with van der Waals surface area (Å²) in [6, 6.07) is -1.04. The van der Waals surface area contributed by atoms with Gasteiger partial charge >= 0.3 is 0 Å². The zero-order valence-electron chi connectivity index (χ0n) is 12.6. The molecule has 0 bridgehead atoms. The van der Waals surface area contributed by atoms with E-state index in [1.807, 2.05) is 0 Å². The van der Waals surface area contributed by atoms with Gasteiger partial charge in [-0.2, -0.15) is 0 Å². The number of aliphatic hydroxyl groups excluding tert-OH is 9. The van der Waals surface area contributed by atoms with Gasteiger partial charge in [-0.15, -0.1) is 0 Å². The first kappa shape index (κ1) is 23.2. The first-order chi connectivity index (χ1) is 11.1. The van der Waals surface area contributed by atoms with E-state index in [4.69, 9.17) is 46.2 Å². The highest BCUT2D eigenvalue weighted by atomic mass is 16.6. The van der Waals surface area contributed by atoms with Gasteiger partial charge in [0.2, 0.25) is 0 Å². The first-order valence-electron chi connectivity index (χ1n) is 6.96. The number of hydrogen-bond donors (Lipinski definition) is 10. The first-order valence-corrected chi connectivity index (χ1v) is 6.96. The van der Waals surface area contributed by atoms with Crippen LogP contribution in [0.15, 0.2) is 0 Å². The van der Waals surface area contributed by atoms with Crippen molar-refractivity contribution in [1.82, 2.24) is 0 Å². The van der Waals surface area contributed by atoms with Crippen molar-refractivity contribution in [2.75, 3.05) is 13.2 Å². The number of carbonyl (C=O) groups excluding carboxylic acids is 1. The Hall–Kier alpha value is -0.770. The van der Waals surface area contributed by atoms with E-state index in [0.29, 0.717) is 0 Å². The van der Waals surface area contributed by atoms with Crippen LogP contribution in [0.1, 0.15) is 0 Å². The van der Waals surface area contributed by atoms with Crippen LogP contribution in [0.4, 0.5) is 0 Å². The average molecular weight is 359 g/mol. The molecular formula is C12H25NO11. The highest BCUT2D eigenvalue weighted by Crippen LogP contribution is 2.17. The average Bonchev–Trinajstić information content (AvgIpc) is 2.60. The summed E-state index contributed by atoms with van der Waals surface area (Å²) in [4.78, 5) is 9.90. The number of hydrogen-bond acceptors (Lipinski definition) is 12. The molecule has 24 heavy (non-hydrogen) atoms. The minimum atomic E-state index is -1.79. The number of ether oxygens (including phenoxy) is 1. The van der Waals surface area contributed by atoms with Crippen molar-refractivity contribution in [3.63, 3.8) is 0 Å². The van der Waals surface area contributed by atoms with Crippen molar-refractivity contribution in [2.24, 2.45) is 5.73 Å². The molecule has 1 heterocycles. The molecule has 0 aliphatic carbocycles. The van der Waals surface area contributed by atoms with Crippen LogP contribution < -0.4 is 5.73 Å². The molecule has 9 atom stereocenters. The summed E-state index contributed by atoms with van der Waals surface area (Å²) in [5.74, 6) is 0. The van der Waals surface area contributed by atoms with Crippen LogP contribution in [-0.4, -0.2) is 121 Å². The minimum Gasteiger partial charge on any atom is -0.394 e. The van der Waals surface area contributed by atoms with E-state index in [1.54, 1.807) is 0 Å². The Kier molecular flexibility index (Phi) is 10.6. The lowest BCUT2D eigenvalue weighted by atomic mass is 9.98. The summed E-state index contributed by atoms with van der Waals surface area (Å²) in [7, 11) is 0. The van der Waals surface area contributed by atoms with E-state index >= 15 is 0 Å². The molecule has 144 valence electrons. The van der Waals surface area contributed by atoms with E-state index in [2.05, 4.69) is 0 Å². The van der Waals surface area contributed by atoms with Crippen molar-refractivity contribution in [2.45, 2.75) is 55.1 Å². The summed E-state index contributed by atoms with van der Waals surface area (Å²) in [6.45, 7) is -1.23. The molecule has 1 saturated heterocycles. The van der Waals surface area contributed by atoms with Crippen LogP contribution in [0, 0.1) is 0 Å². The molecule has 12 nitrogen and oxygen atoms in total. The smallest absolute Gasteiger partial charge is 0.173 e. The van der Waals surface area contributed by atoms with E-state index in [0.717, 1.165) is 0 Å². The van der Waals surface area contributed by atoms with Gasteiger partial charge in [0.25, 0.3) is 0 Å². The Morgan fingerprint density at radius 2 is 1.54 bits per heavy atom. The van der Waals surface area contributed by atoms with Gasteiger partial charge in [-0.25, -0.2) is 0 Å². The van der Waals surface area contributed by atoms with Crippen molar-refractivity contribution >= 4 is 6.29 Å². The fourth-order valence-corrected chi connectivity index (χ4v) is 1.74. The summed E-state index contributed by atoms with van der Waals surface area (Å²) in [6.07, 6.45) is -11.7. The highest BCUT2D eigenvalue weighted by Gasteiger charge is 2.41. The number of aliphatic hydroxyl groups is 9. The molecule has 1 fully saturated rings. The summed E-state index contributed by atoms with van der Waals surface area (Å²) >= 11 is 0. The van der Waals surface area contributed by atoms with Crippen molar-refractivity contribution in [3.8, 4) is 0 Å². The van der Waals surface area contributed by atoms with E-state index in [9.17, 15) is 15.0 Å². The topological polar surface area (TPSA) is 234 Å². The predicted molar refractivity (Wildman–Crippen MR) is 75.1 cm³/mol. The fourth-order valence-electron chi connectivity index (χ4n) is 1.74. The third kappa shape index (κ3) is 6.27. The van der Waals surface area contributed by atoms with Crippen molar-refractivity contribution in [1.29, 1.82) is 0 Å². The van der Waals surface area contributed by atoms with Crippen molar-refractivity contribution in [3.05, 3.63) is 0 Å². The monoisotopic (exact) mass is 359 g/mol. The maximum absolute atomic E-state index is 9.90. The van der Waals surface area contributed by atoms with Gasteiger partial charge in [-0.05, 0) is 0 Å². The van der Waals surface area contributed by atoms with E-state index in [1.165, 1.54) is 0 Å². The Labute approximate surface area is 137 Å². The molecule has 0 amide bonds. The standard InChI is InChI=1S/C6H13NO5.C6H12O6/c7-3-5(10)4(9)2(1-8)12-6(3)11;7-1-3(9)5(11)6(12)4(10)2-8/h2-6,8-11H,1,7H2;1,3-6,8-12H,2H2/t2-,3-,4-,5-,6?;3-,4+,5+,6+/m10/s1. The number of nitrogens with two attached hydrogens (primary N) is 1. The van der Waals surface area contributed by atoms with Gasteiger partial charge in [0.05, 0.1) is 19.3 Å². The zero-order chi connectivity index (χ0) is 19.0. The Morgan fingerprint density at radius 1 is 1.00 bits per heavy atom. The molecule has 0 radical (unpaired) electrons. The van der Waals surface area contributed by atoms with Gasteiger partial charge in [-0.3, -0.25) is 0 Å². The second-order valence-corrected chi connectivity index (χ2v) is 5.16. The van der Waals surface area contributed by atoms with Crippen LogP contribution in [0.25, 0.3) is 0 Å². The lowest BCUT2D eigenvalue weighted by Gasteiger charge is -2.38. The van der Waals surface area contributed by atoms with Crippen molar-refractivity contribution < 1.29 is 55.5 Å². The number of aldehydes is 1. The molecule has 0 spiro atoms. The highest BCUT2D eigenvalue weighted by molar-refractivity contribution is 5.56. The molecule has 0 aromatic heterocycles. The SMILES string of the molecule is N[C@H]1C(O)O[C@H](CO)[C@@H](O)[C@@H]1O.O=C[C@H](O)[C@@H](O)[C@H](O)[C@H](O)CO. The quantitative estimate of drug-likeness (QED) is 0.199. The van der Waals surface area contributed by atoms with Gasteiger partial charge in [0.1, 0.15) is 42.7 Å². The summed E-state index contributed by atoms with van der Waals surface area (Å²) in [5, 5.41) is 79.6. The largest absolute Gasteiger partial charge is 0.394 e. The molecular weight excluding hydrogens is 334 g/mol. The Morgan fingerprint density at radius 3 is 1.96 bits per heavy atom. The second-order valence-electron chi connectivity index (χ2n) is 5.16. The number of rotatable bonds is 6. The van der Waals surface area contributed by atoms with Gasteiger partial charge in [-0.1, -0.05) is 0 Å². The Balaban J connectivity index is 0.000000441. The lowest BCUT2D eigenvalue weighted by molar-refractivity contribution is -0.248. The third-order valence-corrected chi connectivity index (χ3v) is 3.37. The van der Waals surface area contributed by atoms with Crippen LogP contribution >= 0.6 is 0 Å². The summed E-state index contributed by atoms with van der Waals surface area (Å²) < 4.78 is 4.70. The fraction of sp³-hybridized carbons (Fsp3) is 0.917. The van der Waals surface area contributed by atoms with Crippen LogP contribution in [0.3, 0.4) is 0 Å². The van der Waals surface area contributed by atoms with Crippen LogP contribution in [0.2, 0.25) is 0 Å². The van der Waals surface area contributed by atoms with Gasteiger partial charge in [0, 0.05) is 0 Å². The van der Waals surface area contributed by atoms with Crippen LogP contribution in [-0.2, 0) is 9.53 Å². The predicted octanol–water partition coefficient (Wildman–Crippen LogP) is -6.63. The maximum atomic E-state index is 9.90. The van der Waals surface area contributed by atoms with Crippen LogP contribution in [0.5, 0.6) is 0 Å². The molecule has 11 N–H and O–H groups in total. The van der Waals surface area contributed by atoms with E-state index < -0.39 is 68.3 Å². The molecule has 1 aliphatic rings. The van der Waals surface area contributed by atoms with Gasteiger partial charge < -0.3 is 61.2 Å².